The van der Waals surface area contributed by atoms with Crippen LogP contribution in [0.1, 0.15) is 12.5 Å². The van der Waals surface area contributed by atoms with Crippen LogP contribution in [0.5, 0.6) is 0 Å². The molecule has 2 rings (SSSR count). The smallest absolute Gasteiger partial charge is 0.180 e. The summed E-state index contributed by atoms with van der Waals surface area (Å²) < 4.78 is 24.2. The van der Waals surface area contributed by atoms with E-state index in [1.807, 2.05) is 24.3 Å². The van der Waals surface area contributed by atoms with Gasteiger partial charge in [-0.1, -0.05) is 37.3 Å². The molecule has 0 radical (unpaired) electrons. The van der Waals surface area contributed by atoms with Crippen molar-refractivity contribution >= 4 is 32.8 Å². The summed E-state index contributed by atoms with van der Waals surface area (Å²) in [6.07, 6.45) is 0. The molecule has 0 unspecified atom stereocenters. The van der Waals surface area contributed by atoms with Crippen molar-refractivity contribution < 1.29 is 8.42 Å². The van der Waals surface area contributed by atoms with Crippen LogP contribution in [0, 0.1) is 0 Å². The van der Waals surface area contributed by atoms with E-state index in [2.05, 4.69) is 5.32 Å². The summed E-state index contributed by atoms with van der Waals surface area (Å²) in [5, 5.41) is 3.17. The maximum atomic E-state index is 12.1. The zero-order valence-electron chi connectivity index (χ0n) is 11.1. The molecule has 106 valence electrons. The van der Waals surface area contributed by atoms with Gasteiger partial charge in [-0.3, -0.25) is 0 Å². The highest BCUT2D eigenvalue weighted by Gasteiger charge is 2.16. The highest BCUT2D eigenvalue weighted by Crippen LogP contribution is 2.28. The van der Waals surface area contributed by atoms with Gasteiger partial charge in [0.25, 0.3) is 0 Å². The van der Waals surface area contributed by atoms with E-state index >= 15 is 0 Å². The van der Waals surface area contributed by atoms with E-state index in [1.54, 1.807) is 31.2 Å². The molecule has 0 bridgehead atoms. The number of hydrogen-bond acceptors (Lipinski definition) is 3. The first-order valence-corrected chi connectivity index (χ1v) is 8.50. The number of hydrogen-bond donors (Lipinski definition) is 1. The second-order valence-corrected chi connectivity index (χ2v) is 6.83. The molecule has 0 fully saturated rings. The summed E-state index contributed by atoms with van der Waals surface area (Å²) in [5.74, 6) is 0.439. The summed E-state index contributed by atoms with van der Waals surface area (Å²) >= 11 is 5.90. The SMILES string of the molecule is CCS(=O)(=O)c1ccccc1Nc1ccccc1CCl. The maximum Gasteiger partial charge on any atom is 0.180 e. The fraction of sp³-hybridized carbons (Fsp3) is 0.200. The Labute approximate surface area is 124 Å². The highest BCUT2D eigenvalue weighted by molar-refractivity contribution is 7.91. The molecule has 0 heterocycles. The lowest BCUT2D eigenvalue weighted by Gasteiger charge is -2.14. The van der Waals surface area contributed by atoms with Gasteiger partial charge in [-0.15, -0.1) is 11.6 Å². The third kappa shape index (κ3) is 3.14. The molecule has 2 aromatic rings. The predicted octanol–water partition coefficient (Wildman–Crippen LogP) is 3.96. The minimum Gasteiger partial charge on any atom is -0.354 e. The summed E-state index contributed by atoms with van der Waals surface area (Å²) in [4.78, 5) is 0.312. The lowest BCUT2D eigenvalue weighted by Crippen LogP contribution is -2.07. The second-order valence-electron chi connectivity index (χ2n) is 4.32. The van der Waals surface area contributed by atoms with Crippen molar-refractivity contribution in [2.24, 2.45) is 0 Å². The molecule has 0 spiro atoms. The fourth-order valence-corrected chi connectivity index (χ4v) is 3.18. The van der Waals surface area contributed by atoms with E-state index in [0.717, 1.165) is 11.3 Å². The fourth-order valence-electron chi connectivity index (χ4n) is 1.90. The lowest BCUT2D eigenvalue weighted by molar-refractivity contribution is 0.597. The number of halogens is 1. The van der Waals surface area contributed by atoms with Crippen LogP contribution < -0.4 is 5.32 Å². The monoisotopic (exact) mass is 309 g/mol. The average Bonchev–Trinajstić information content (AvgIpc) is 2.48. The molecule has 0 saturated carbocycles. The largest absolute Gasteiger partial charge is 0.354 e. The Kier molecular flexibility index (Phi) is 4.68. The van der Waals surface area contributed by atoms with Crippen LogP contribution >= 0.6 is 11.6 Å². The summed E-state index contributed by atoms with van der Waals surface area (Å²) in [6.45, 7) is 1.64. The molecule has 0 saturated heterocycles. The van der Waals surface area contributed by atoms with Gasteiger partial charge >= 0.3 is 0 Å². The Morgan fingerprint density at radius 1 is 1.00 bits per heavy atom. The molecule has 0 aromatic heterocycles. The molecule has 3 nitrogen and oxygen atoms in total. The van der Waals surface area contributed by atoms with Crippen LogP contribution in [0.2, 0.25) is 0 Å². The quantitative estimate of drug-likeness (QED) is 0.850. The Morgan fingerprint density at radius 2 is 1.60 bits per heavy atom. The van der Waals surface area contributed by atoms with Crippen molar-refractivity contribution in [2.75, 3.05) is 11.1 Å². The highest BCUT2D eigenvalue weighted by atomic mass is 35.5. The van der Waals surface area contributed by atoms with E-state index < -0.39 is 9.84 Å². The van der Waals surface area contributed by atoms with Gasteiger partial charge in [0.2, 0.25) is 0 Å². The number of anilines is 2. The van der Waals surface area contributed by atoms with Crippen LogP contribution in [0.25, 0.3) is 0 Å². The molecule has 0 amide bonds. The molecule has 0 aliphatic rings. The van der Waals surface area contributed by atoms with Gasteiger partial charge in [0.05, 0.1) is 16.3 Å². The molecule has 1 N–H and O–H groups in total. The number of benzene rings is 2. The van der Waals surface area contributed by atoms with Crippen LogP contribution in [-0.4, -0.2) is 14.2 Å². The first-order valence-electron chi connectivity index (χ1n) is 6.31. The third-order valence-corrected chi connectivity index (χ3v) is 5.11. The standard InChI is InChI=1S/C15H16ClNO2S/c1-2-20(18,19)15-10-6-5-9-14(15)17-13-8-4-3-7-12(13)11-16/h3-10,17H,2,11H2,1H3. The molecule has 20 heavy (non-hydrogen) atoms. The zero-order valence-corrected chi connectivity index (χ0v) is 12.7. The number of sulfone groups is 1. The number of para-hydroxylation sites is 2. The van der Waals surface area contributed by atoms with E-state index in [4.69, 9.17) is 11.6 Å². The maximum absolute atomic E-state index is 12.1. The number of rotatable bonds is 5. The lowest BCUT2D eigenvalue weighted by atomic mass is 10.2. The van der Waals surface area contributed by atoms with Crippen molar-refractivity contribution in [1.29, 1.82) is 0 Å². The van der Waals surface area contributed by atoms with Gasteiger partial charge in [0.1, 0.15) is 0 Å². The molecular weight excluding hydrogens is 294 g/mol. The van der Waals surface area contributed by atoms with E-state index in [1.165, 1.54) is 0 Å². The van der Waals surface area contributed by atoms with Crippen LogP contribution in [-0.2, 0) is 15.7 Å². The van der Waals surface area contributed by atoms with Gasteiger partial charge in [-0.25, -0.2) is 8.42 Å². The molecule has 5 heteroatoms. The van der Waals surface area contributed by atoms with E-state index in [-0.39, 0.29) is 5.75 Å². The van der Waals surface area contributed by atoms with Crippen LogP contribution in [0.4, 0.5) is 11.4 Å². The Balaban J connectivity index is 2.45. The topological polar surface area (TPSA) is 46.2 Å². The Bertz CT molecular complexity index is 699. The Hall–Kier alpha value is -1.52. The minimum atomic E-state index is -3.26. The summed E-state index contributed by atoms with van der Waals surface area (Å²) in [6, 6.07) is 14.5. The molecular formula is C15H16ClNO2S. The van der Waals surface area contributed by atoms with Gasteiger partial charge in [0, 0.05) is 11.6 Å². The van der Waals surface area contributed by atoms with Gasteiger partial charge in [-0.05, 0) is 23.8 Å². The van der Waals surface area contributed by atoms with Crippen molar-refractivity contribution in [3.8, 4) is 0 Å². The normalized spacial score (nSPS) is 11.3. The second kappa shape index (κ2) is 6.29. The predicted molar refractivity (Wildman–Crippen MR) is 83.5 cm³/mol. The van der Waals surface area contributed by atoms with Gasteiger partial charge in [-0.2, -0.15) is 0 Å². The van der Waals surface area contributed by atoms with Crippen molar-refractivity contribution in [1.82, 2.24) is 0 Å². The third-order valence-electron chi connectivity index (χ3n) is 3.03. The van der Waals surface area contributed by atoms with E-state index in [9.17, 15) is 8.42 Å². The van der Waals surface area contributed by atoms with Crippen molar-refractivity contribution in [2.45, 2.75) is 17.7 Å². The van der Waals surface area contributed by atoms with Crippen LogP contribution in [0.3, 0.4) is 0 Å². The number of alkyl halides is 1. The minimum absolute atomic E-state index is 0.0723. The average molecular weight is 310 g/mol. The van der Waals surface area contributed by atoms with Gasteiger partial charge in [0.15, 0.2) is 9.84 Å². The van der Waals surface area contributed by atoms with Crippen molar-refractivity contribution in [3.05, 3.63) is 54.1 Å². The molecule has 0 aliphatic carbocycles. The molecule has 0 aliphatic heterocycles. The zero-order chi connectivity index (χ0) is 14.6. The first-order chi connectivity index (χ1) is 9.58. The summed E-state index contributed by atoms with van der Waals surface area (Å²) in [5.41, 5.74) is 2.33. The summed E-state index contributed by atoms with van der Waals surface area (Å²) in [7, 11) is -3.26. The molecule has 2 aromatic carbocycles. The Morgan fingerprint density at radius 3 is 2.25 bits per heavy atom. The number of nitrogens with one attached hydrogen (secondary N) is 1. The van der Waals surface area contributed by atoms with Crippen molar-refractivity contribution in [3.63, 3.8) is 0 Å². The van der Waals surface area contributed by atoms with E-state index in [0.29, 0.717) is 16.5 Å². The van der Waals surface area contributed by atoms with Crippen LogP contribution in [0.15, 0.2) is 53.4 Å². The van der Waals surface area contributed by atoms with Gasteiger partial charge < -0.3 is 5.32 Å². The molecule has 0 atom stereocenters. The first kappa shape index (κ1) is 14.9.